The van der Waals surface area contributed by atoms with Gasteiger partial charge in [0.2, 0.25) is 7.37 Å². The first-order chi connectivity index (χ1) is 11.2. The van der Waals surface area contributed by atoms with Crippen molar-refractivity contribution in [2.45, 2.75) is 19.5 Å². The Morgan fingerprint density at radius 2 is 1.83 bits per heavy atom. The van der Waals surface area contributed by atoms with Gasteiger partial charge in [0.1, 0.15) is 5.82 Å². The molecule has 2 unspecified atom stereocenters. The third kappa shape index (κ3) is 5.48. The number of nitrogens with two attached hydrogens (primary N) is 1. The van der Waals surface area contributed by atoms with Gasteiger partial charge in [-0.05, 0) is 30.5 Å². The minimum absolute atomic E-state index is 0.0307. The minimum atomic E-state index is -3.61. The molecule has 0 spiro atoms. The van der Waals surface area contributed by atoms with Crippen molar-refractivity contribution < 1.29 is 19.4 Å². The highest BCUT2D eigenvalue weighted by Crippen LogP contribution is 2.46. The number of nitrogens with zero attached hydrogens (tertiary/aromatic N) is 1. The highest BCUT2D eigenvalue weighted by atomic mass is 31.2. The first kappa shape index (κ1) is 18.2. The predicted octanol–water partition coefficient (Wildman–Crippen LogP) is 2.69. The summed E-state index contributed by atoms with van der Waals surface area (Å²) in [6.45, 7) is 1.93. The summed E-state index contributed by atoms with van der Waals surface area (Å²) in [5.41, 5.74) is 7.96. The molecule has 0 saturated carbocycles. The van der Waals surface area contributed by atoms with Crippen molar-refractivity contribution in [1.29, 1.82) is 0 Å². The molecule has 7 heteroatoms. The molecule has 0 aliphatic heterocycles. The fourth-order valence-electron chi connectivity index (χ4n) is 2.46. The summed E-state index contributed by atoms with van der Waals surface area (Å²) in [6, 6.07) is 10.6. The number of benzene rings is 1. The Morgan fingerprint density at radius 1 is 1.21 bits per heavy atom. The van der Waals surface area contributed by atoms with Crippen molar-refractivity contribution in [3.05, 3.63) is 59.3 Å². The second-order valence-electron chi connectivity index (χ2n) is 6.00. The molecule has 6 nitrogen and oxygen atoms in total. The molecule has 2 rings (SSSR count). The monoisotopic (exact) mass is 348 g/mol. The summed E-state index contributed by atoms with van der Waals surface area (Å²) in [5, 5.41) is 9.38. The van der Waals surface area contributed by atoms with Gasteiger partial charge in [-0.2, -0.15) is 0 Å². The molecule has 0 fully saturated rings. The maximum Gasteiger partial charge on any atom is 0.307 e. The highest BCUT2D eigenvalue weighted by Gasteiger charge is 2.29. The van der Waals surface area contributed by atoms with E-state index in [4.69, 9.17) is 5.73 Å². The molecule has 128 valence electrons. The van der Waals surface area contributed by atoms with Crippen molar-refractivity contribution in [1.82, 2.24) is 4.98 Å². The van der Waals surface area contributed by atoms with Crippen LogP contribution in [0.5, 0.6) is 0 Å². The van der Waals surface area contributed by atoms with Crippen LogP contribution >= 0.6 is 7.37 Å². The topological polar surface area (TPSA) is 114 Å². The number of hydrogen-bond donors (Lipinski definition) is 3. The summed E-state index contributed by atoms with van der Waals surface area (Å²) in [5.74, 6) is -1.69. The van der Waals surface area contributed by atoms with E-state index in [-0.39, 0.29) is 18.7 Å². The normalized spacial score (nSPS) is 14.8. The first-order valence-electron chi connectivity index (χ1n) is 7.55. The number of aromatic nitrogens is 1. The van der Waals surface area contributed by atoms with Crippen LogP contribution in [-0.4, -0.2) is 27.1 Å². The average molecular weight is 348 g/mol. The summed E-state index contributed by atoms with van der Waals surface area (Å²) in [4.78, 5) is 25.6. The molecule has 0 aliphatic carbocycles. The van der Waals surface area contributed by atoms with Crippen LogP contribution < -0.4 is 5.73 Å². The Hall–Kier alpha value is -2.17. The maximum atomic E-state index is 12.5. The second-order valence-corrected chi connectivity index (χ2v) is 8.38. The zero-order valence-corrected chi connectivity index (χ0v) is 14.3. The average Bonchev–Trinajstić information content (AvgIpc) is 2.50. The third-order valence-corrected chi connectivity index (χ3v) is 5.61. The molecule has 0 amide bonds. The van der Waals surface area contributed by atoms with E-state index in [0.29, 0.717) is 11.4 Å². The van der Waals surface area contributed by atoms with Gasteiger partial charge in [0.05, 0.1) is 5.92 Å². The van der Waals surface area contributed by atoms with E-state index >= 15 is 0 Å². The van der Waals surface area contributed by atoms with Crippen LogP contribution in [0.25, 0.3) is 0 Å². The molecule has 4 N–H and O–H groups in total. The van der Waals surface area contributed by atoms with Crippen LogP contribution in [0.15, 0.2) is 42.6 Å². The molecule has 2 aromatic rings. The number of carboxylic acid groups (broad SMARTS) is 1. The lowest BCUT2D eigenvalue weighted by Gasteiger charge is -2.17. The van der Waals surface area contributed by atoms with Crippen molar-refractivity contribution >= 4 is 19.2 Å². The number of nitrogen functional groups attached to an aromatic ring is 1. The lowest BCUT2D eigenvalue weighted by Crippen LogP contribution is -2.21. The lowest BCUT2D eigenvalue weighted by atomic mass is 10.0. The Balaban J connectivity index is 2.07. The summed E-state index contributed by atoms with van der Waals surface area (Å²) < 4.78 is 12.5. The molecule has 24 heavy (non-hydrogen) atoms. The number of aryl methyl sites for hydroxylation is 1. The van der Waals surface area contributed by atoms with Crippen LogP contribution in [0.4, 0.5) is 5.82 Å². The maximum absolute atomic E-state index is 12.5. The molecule has 0 saturated heterocycles. The lowest BCUT2D eigenvalue weighted by molar-refractivity contribution is -0.141. The summed E-state index contributed by atoms with van der Waals surface area (Å²) in [6.07, 6.45) is 1.33. The largest absolute Gasteiger partial charge is 0.481 e. The highest BCUT2D eigenvalue weighted by molar-refractivity contribution is 7.57. The van der Waals surface area contributed by atoms with Gasteiger partial charge in [-0.25, -0.2) is 4.98 Å². The zero-order valence-electron chi connectivity index (χ0n) is 13.4. The molecule has 0 aliphatic rings. The fourth-order valence-corrected chi connectivity index (χ4v) is 4.34. The van der Waals surface area contributed by atoms with Gasteiger partial charge in [0.15, 0.2) is 0 Å². The van der Waals surface area contributed by atoms with Crippen LogP contribution in [0.2, 0.25) is 0 Å². The molecule has 2 atom stereocenters. The van der Waals surface area contributed by atoms with Crippen LogP contribution in [0.3, 0.4) is 0 Å². The number of carboxylic acids is 1. The number of aliphatic carboxylic acids is 1. The van der Waals surface area contributed by atoms with E-state index in [1.165, 1.54) is 6.20 Å². The van der Waals surface area contributed by atoms with Gasteiger partial charge in [-0.3, -0.25) is 9.36 Å². The van der Waals surface area contributed by atoms with Gasteiger partial charge in [-0.15, -0.1) is 0 Å². The second kappa shape index (κ2) is 7.60. The molecular weight excluding hydrogens is 327 g/mol. The molecule has 0 bridgehead atoms. The van der Waals surface area contributed by atoms with Crippen molar-refractivity contribution in [2.75, 3.05) is 11.9 Å². The smallest absolute Gasteiger partial charge is 0.307 e. The van der Waals surface area contributed by atoms with Crippen molar-refractivity contribution in [3.63, 3.8) is 0 Å². The molecule has 0 radical (unpaired) electrons. The van der Waals surface area contributed by atoms with E-state index in [9.17, 15) is 19.4 Å². The number of carbonyl (C=O) groups is 1. The van der Waals surface area contributed by atoms with E-state index in [0.717, 1.165) is 11.1 Å². The van der Waals surface area contributed by atoms with Gasteiger partial charge in [-0.1, -0.05) is 35.9 Å². The Kier molecular flexibility index (Phi) is 5.75. The Labute approximate surface area is 140 Å². The molecule has 1 aromatic carbocycles. The van der Waals surface area contributed by atoms with E-state index in [2.05, 4.69) is 4.98 Å². The number of hydrogen-bond acceptors (Lipinski definition) is 4. The van der Waals surface area contributed by atoms with E-state index in [1.54, 1.807) is 24.3 Å². The van der Waals surface area contributed by atoms with Crippen LogP contribution in [0.1, 0.15) is 16.7 Å². The molecule has 1 aromatic heterocycles. The zero-order chi connectivity index (χ0) is 17.7. The van der Waals surface area contributed by atoms with Crippen LogP contribution in [0, 0.1) is 12.8 Å². The Morgan fingerprint density at radius 3 is 2.38 bits per heavy atom. The molecular formula is C17H21N2O4P. The third-order valence-electron chi connectivity index (χ3n) is 3.73. The Bertz CT molecular complexity index is 744. The number of pyridine rings is 1. The first-order valence-corrected chi connectivity index (χ1v) is 9.58. The predicted molar refractivity (Wildman–Crippen MR) is 93.1 cm³/mol. The summed E-state index contributed by atoms with van der Waals surface area (Å²) in [7, 11) is -3.61. The van der Waals surface area contributed by atoms with E-state index in [1.807, 2.05) is 19.1 Å². The minimum Gasteiger partial charge on any atom is -0.481 e. The van der Waals surface area contributed by atoms with Gasteiger partial charge < -0.3 is 15.7 Å². The molecule has 1 heterocycles. The van der Waals surface area contributed by atoms with Gasteiger partial charge >= 0.3 is 5.97 Å². The van der Waals surface area contributed by atoms with Gasteiger partial charge in [0, 0.05) is 18.5 Å². The van der Waals surface area contributed by atoms with Crippen LogP contribution in [-0.2, 0) is 21.9 Å². The standard InChI is InChI=1S/C17H21N2O4P/c1-12-2-4-13(5-3-12)10-24(22,23)11-15(17(20)21)8-14-6-7-16(18)19-9-14/h2-7,9,15H,8,10-11H2,1H3,(H2,18,19)(H,20,21)(H,22,23). The van der Waals surface area contributed by atoms with E-state index < -0.39 is 19.3 Å². The summed E-state index contributed by atoms with van der Waals surface area (Å²) >= 11 is 0. The van der Waals surface area contributed by atoms with Gasteiger partial charge in [0.25, 0.3) is 0 Å². The fraction of sp³-hybridized carbons (Fsp3) is 0.294. The SMILES string of the molecule is Cc1ccc(CP(=O)(O)CC(Cc2ccc(N)nc2)C(=O)O)cc1. The number of rotatable bonds is 7. The van der Waals surface area contributed by atoms with Crippen molar-refractivity contribution in [2.24, 2.45) is 5.92 Å². The number of anilines is 1. The quantitative estimate of drug-likeness (QED) is 0.663. The van der Waals surface area contributed by atoms with Crippen molar-refractivity contribution in [3.8, 4) is 0 Å².